The van der Waals surface area contributed by atoms with Crippen molar-refractivity contribution in [2.45, 2.75) is 118 Å². The number of aromatic nitrogens is 2. The van der Waals surface area contributed by atoms with Crippen molar-refractivity contribution in [3.05, 3.63) is 102 Å². The molecule has 0 radical (unpaired) electrons. The molecule has 1 aromatic heterocycles. The summed E-state index contributed by atoms with van der Waals surface area (Å²) in [6, 6.07) is 13.7. The predicted molar refractivity (Wildman–Crippen MR) is 342 cm³/mol. The van der Waals surface area contributed by atoms with Crippen molar-refractivity contribution in [3.63, 3.8) is 0 Å². The summed E-state index contributed by atoms with van der Waals surface area (Å²) in [5, 5.41) is 123. The van der Waals surface area contributed by atoms with E-state index in [9.17, 15) is 79.5 Å². The van der Waals surface area contributed by atoms with E-state index < -0.39 is 159 Å². The van der Waals surface area contributed by atoms with Crippen molar-refractivity contribution < 1.29 is 93.7 Å². The average molecular weight is 1340 g/mol. The summed E-state index contributed by atoms with van der Waals surface area (Å²) in [5.41, 5.74) is 9.38. The Morgan fingerprint density at radius 2 is 1.32 bits per heavy atom. The SMILES string of the molecule is COCCOc1ccc(-c2ccc(-c3nnc(-c4ccc(C(=O)NC5C[C@@H](O)CNC(=O)[C@@H]6[C@@H](O)[C@@H](C)CN6C(=O)[C@H]([C@H](O)CCN)NC(=O)[C@H]([C@H](O)Cc6ccc(O)c(OCCNC(CO)CO)c6)NC(=O)[C@@H]6C[C@@H](O)CN6C(=O)[C@H]([C@@H](C)O)NC5=O)cc4)s3)cc2)cc1. The highest BCUT2D eigenvalue weighted by Crippen LogP contribution is 2.33. The number of rotatable bonds is 23. The van der Waals surface area contributed by atoms with Crippen LogP contribution in [0.3, 0.4) is 0 Å². The molecule has 3 aliphatic heterocycles. The van der Waals surface area contributed by atoms with Gasteiger partial charge in [0.15, 0.2) is 11.5 Å². The summed E-state index contributed by atoms with van der Waals surface area (Å²) in [5.74, 6) is -8.24. The summed E-state index contributed by atoms with van der Waals surface area (Å²) in [7, 11) is 1.60. The van der Waals surface area contributed by atoms with Crippen molar-refractivity contribution in [1.29, 1.82) is 0 Å². The van der Waals surface area contributed by atoms with E-state index in [1.165, 1.54) is 48.6 Å². The number of nitrogens with zero attached hydrogens (tertiary/aromatic N) is 4. The predicted octanol–water partition coefficient (Wildman–Crippen LogP) is -3.11. The molecule has 8 rings (SSSR count). The number of phenolic OH excluding ortho intramolecular Hbond substituents is 1. The van der Waals surface area contributed by atoms with Crippen LogP contribution in [0.1, 0.15) is 49.0 Å². The lowest BCUT2D eigenvalue weighted by Crippen LogP contribution is -2.64. The number of methoxy groups -OCH3 is 1. The number of fused-ring (bicyclic) bond motifs is 2. The van der Waals surface area contributed by atoms with E-state index in [2.05, 4.69) is 42.1 Å². The summed E-state index contributed by atoms with van der Waals surface area (Å²) >= 11 is 1.30. The van der Waals surface area contributed by atoms with Gasteiger partial charge in [-0.25, -0.2) is 0 Å². The van der Waals surface area contributed by atoms with E-state index in [1.807, 2.05) is 48.5 Å². The Labute approximate surface area is 550 Å². The molecule has 3 saturated heterocycles. The van der Waals surface area contributed by atoms with Crippen molar-refractivity contribution in [1.82, 2.24) is 51.9 Å². The van der Waals surface area contributed by atoms with Gasteiger partial charge in [-0.1, -0.05) is 72.9 Å². The number of amides is 7. The number of benzene rings is 4. The minimum atomic E-state index is -2.09. The zero-order chi connectivity index (χ0) is 68.6. The van der Waals surface area contributed by atoms with Crippen LogP contribution >= 0.6 is 11.3 Å². The van der Waals surface area contributed by atoms with Crippen molar-refractivity contribution in [3.8, 4) is 49.5 Å². The van der Waals surface area contributed by atoms with Crippen LogP contribution in [0.5, 0.6) is 17.2 Å². The second-order valence-corrected chi connectivity index (χ2v) is 24.7. The van der Waals surface area contributed by atoms with Gasteiger partial charge in [0.25, 0.3) is 5.91 Å². The Kier molecular flexibility index (Phi) is 25.9. The second kappa shape index (κ2) is 33.9. The highest BCUT2D eigenvalue weighted by Gasteiger charge is 2.50. The molecule has 3 aliphatic rings. The monoisotopic (exact) mass is 1340 g/mol. The molecule has 1 unspecified atom stereocenters. The molecule has 514 valence electrons. The maximum absolute atomic E-state index is 14.8. The van der Waals surface area contributed by atoms with Crippen LogP contribution < -0.4 is 47.1 Å². The highest BCUT2D eigenvalue weighted by molar-refractivity contribution is 7.17. The summed E-state index contributed by atoms with van der Waals surface area (Å²) in [6.45, 7) is 1.06. The number of aliphatic hydroxyl groups excluding tert-OH is 8. The van der Waals surface area contributed by atoms with E-state index in [-0.39, 0.29) is 68.5 Å². The molecule has 4 aromatic carbocycles. The van der Waals surface area contributed by atoms with Crippen LogP contribution in [-0.4, -0.2) is 259 Å². The lowest BCUT2D eigenvalue weighted by Gasteiger charge is -2.34. The zero-order valence-electron chi connectivity index (χ0n) is 52.5. The van der Waals surface area contributed by atoms with Crippen molar-refractivity contribution >= 4 is 52.7 Å². The number of phenols is 1. The van der Waals surface area contributed by atoms with E-state index in [4.69, 9.17) is 19.9 Å². The number of carbonyl (C=O) groups excluding carboxylic acids is 7. The number of hydrogen-bond donors (Lipinski definition) is 16. The third kappa shape index (κ3) is 18.6. The van der Waals surface area contributed by atoms with Crippen molar-refractivity contribution in [2.24, 2.45) is 11.7 Å². The summed E-state index contributed by atoms with van der Waals surface area (Å²) in [6.07, 6.45) is -12.2. The smallest absolute Gasteiger partial charge is 0.251 e. The first kappa shape index (κ1) is 72.5. The Morgan fingerprint density at radius 3 is 1.95 bits per heavy atom. The lowest BCUT2D eigenvalue weighted by atomic mass is 9.98. The molecule has 30 nitrogen and oxygen atoms in total. The molecule has 31 heteroatoms. The van der Waals surface area contributed by atoms with E-state index >= 15 is 0 Å². The number of ether oxygens (including phenoxy) is 3. The Hall–Kier alpha value is -8.31. The molecule has 5 aromatic rings. The topological polar surface area (TPSA) is 460 Å². The highest BCUT2D eigenvalue weighted by atomic mass is 32.1. The molecule has 17 N–H and O–H groups in total. The maximum atomic E-state index is 14.8. The number of aliphatic hydroxyl groups is 8. The third-order valence-electron chi connectivity index (χ3n) is 16.6. The molecule has 0 spiro atoms. The number of nitrogens with one attached hydrogen (secondary N) is 6. The van der Waals surface area contributed by atoms with Gasteiger partial charge in [0, 0.05) is 75.2 Å². The van der Waals surface area contributed by atoms with Gasteiger partial charge in [-0.3, -0.25) is 33.6 Å². The van der Waals surface area contributed by atoms with E-state index in [1.54, 1.807) is 19.2 Å². The quantitative estimate of drug-likeness (QED) is 0.0288. The molecular weight excluding hydrogens is 1260 g/mol. The average Bonchev–Trinajstić information content (AvgIpc) is 1.67. The first-order valence-electron chi connectivity index (χ1n) is 31.1. The minimum Gasteiger partial charge on any atom is -0.504 e. The Morgan fingerprint density at radius 1 is 0.705 bits per heavy atom. The molecule has 0 saturated carbocycles. The Bertz CT molecular complexity index is 3420. The summed E-state index contributed by atoms with van der Waals surface area (Å²) in [4.78, 5) is 104. The number of aromatic hydroxyl groups is 1. The molecular formula is C64H83N11O19S. The van der Waals surface area contributed by atoms with E-state index in [0.29, 0.717) is 28.8 Å². The molecule has 95 heavy (non-hydrogen) atoms. The first-order valence-corrected chi connectivity index (χ1v) is 31.9. The van der Waals surface area contributed by atoms with Gasteiger partial charge in [-0.05, 0) is 73.0 Å². The second-order valence-electron chi connectivity index (χ2n) is 23.7. The van der Waals surface area contributed by atoms with Gasteiger partial charge in [0.05, 0.1) is 62.5 Å². The molecule has 3 fully saturated rings. The third-order valence-corrected chi connectivity index (χ3v) is 17.6. The lowest BCUT2D eigenvalue weighted by molar-refractivity contribution is -0.147. The fourth-order valence-corrected chi connectivity index (χ4v) is 12.1. The van der Waals surface area contributed by atoms with Gasteiger partial charge in [0.2, 0.25) is 35.4 Å². The molecule has 4 heterocycles. The summed E-state index contributed by atoms with van der Waals surface area (Å²) < 4.78 is 16.4. The largest absolute Gasteiger partial charge is 0.504 e. The van der Waals surface area contributed by atoms with Crippen LogP contribution in [0.15, 0.2) is 91.0 Å². The van der Waals surface area contributed by atoms with Crippen LogP contribution in [0.4, 0.5) is 0 Å². The first-order chi connectivity index (χ1) is 45.5. The fourth-order valence-electron chi connectivity index (χ4n) is 11.3. The van der Waals surface area contributed by atoms with Crippen LogP contribution in [0.25, 0.3) is 32.3 Å². The van der Waals surface area contributed by atoms with Gasteiger partial charge < -0.3 is 108 Å². The Balaban J connectivity index is 1.05. The standard InChI is InChI=1S/C64H83N11O19S/c1-33-29-75-54(55(33)84)60(89)67-28-42(79)26-45(68-56(85)38-7-11-40(12-8-38)62-73-72-61(95-62)39-9-5-36(6-10-39)37-13-15-44(16-14-37)93-23-22-92-3)57(86)69-51(34(2)78)63(90)74-30-43(80)27-46(74)58(87)70-52(59(88)71-53(64(75)91)48(82)18-19-65)49(83)24-35-4-17-47(81)50(25-35)94-21-20-66-41(31-76)32-77/h4-17,25,33-34,41-43,45-46,48-49,51-55,66,76-84H,18-24,26-32,65H2,1-3H3,(H,67,89)(H,68,85)(H,69,86)(H,70,87)(H,71,88)/t33-,34+,42+,43+,45?,46-,48+,49+,51-,52-,53-,54-,55-/m0/s1. The van der Waals surface area contributed by atoms with Gasteiger partial charge in [-0.15, -0.1) is 10.2 Å². The van der Waals surface area contributed by atoms with Crippen LogP contribution in [-0.2, 0) is 39.9 Å². The number of β-amino-alcohol motifs (C(OH)–C–C–N with tert-alkyl or cyclic N) is 1. The van der Waals surface area contributed by atoms with E-state index in [0.717, 1.165) is 39.2 Å². The number of nitrogens with two attached hydrogens (primary N) is 1. The van der Waals surface area contributed by atoms with Crippen LogP contribution in [0, 0.1) is 5.92 Å². The van der Waals surface area contributed by atoms with Gasteiger partial charge >= 0.3 is 0 Å². The minimum absolute atomic E-state index is 0.0176. The normalized spacial score (nSPS) is 24.3. The molecule has 7 amide bonds. The molecule has 13 atom stereocenters. The van der Waals surface area contributed by atoms with Crippen LogP contribution in [0.2, 0.25) is 0 Å². The number of carbonyl (C=O) groups is 7. The van der Waals surface area contributed by atoms with Gasteiger partial charge in [0.1, 0.15) is 65.2 Å². The maximum Gasteiger partial charge on any atom is 0.251 e. The fraction of sp³-hybridized carbons (Fsp3) is 0.484. The molecule has 0 aliphatic carbocycles. The zero-order valence-corrected chi connectivity index (χ0v) is 53.3. The molecule has 0 bridgehead atoms. The number of hydrogen-bond acceptors (Lipinski definition) is 24. The van der Waals surface area contributed by atoms with Crippen molar-refractivity contribution in [2.75, 3.05) is 72.9 Å². The van der Waals surface area contributed by atoms with Gasteiger partial charge in [-0.2, -0.15) is 0 Å².